The molecule has 0 aliphatic carbocycles. The van der Waals surface area contributed by atoms with Crippen LogP contribution in [0.2, 0.25) is 5.15 Å². The van der Waals surface area contributed by atoms with E-state index < -0.39 is 10.7 Å². The van der Waals surface area contributed by atoms with E-state index in [1.807, 2.05) is 0 Å². The molecule has 1 aromatic heterocycles. The Hall–Kier alpha value is -1.73. The molecule has 0 amide bonds. The summed E-state index contributed by atoms with van der Waals surface area (Å²) in [5.74, 6) is -0.677. The van der Waals surface area contributed by atoms with Crippen LogP contribution in [-0.4, -0.2) is 9.91 Å². The van der Waals surface area contributed by atoms with Crippen LogP contribution in [0, 0.1) is 15.9 Å². The Morgan fingerprint density at radius 1 is 1.37 bits per heavy atom. The van der Waals surface area contributed by atoms with Gasteiger partial charge in [0.25, 0.3) is 0 Å². The van der Waals surface area contributed by atoms with Crippen molar-refractivity contribution in [3.05, 3.63) is 55.9 Å². The first-order chi connectivity index (χ1) is 8.97. The molecular formula is C11H6BrClFN3O2. The average molecular weight is 347 g/mol. The van der Waals surface area contributed by atoms with Crippen molar-refractivity contribution in [2.45, 2.75) is 0 Å². The maximum absolute atomic E-state index is 13.6. The molecule has 98 valence electrons. The minimum absolute atomic E-state index is 0.0704. The van der Waals surface area contributed by atoms with Crippen LogP contribution in [-0.2, 0) is 0 Å². The molecule has 5 nitrogen and oxygen atoms in total. The molecule has 2 aromatic rings. The summed E-state index contributed by atoms with van der Waals surface area (Å²) in [6, 6.07) is 6.77. The number of aromatic nitrogens is 1. The fourth-order valence-corrected chi connectivity index (χ4v) is 1.87. The van der Waals surface area contributed by atoms with Gasteiger partial charge in [-0.1, -0.05) is 27.5 Å². The second kappa shape index (κ2) is 5.50. The number of pyridine rings is 1. The minimum Gasteiger partial charge on any atom is -0.332 e. The summed E-state index contributed by atoms with van der Waals surface area (Å²) in [4.78, 5) is 14.0. The zero-order chi connectivity index (χ0) is 14.0. The van der Waals surface area contributed by atoms with Gasteiger partial charge in [0.2, 0.25) is 5.82 Å². The van der Waals surface area contributed by atoms with Crippen molar-refractivity contribution in [2.75, 3.05) is 5.32 Å². The summed E-state index contributed by atoms with van der Waals surface area (Å²) < 4.78 is 14.2. The van der Waals surface area contributed by atoms with Crippen LogP contribution >= 0.6 is 27.5 Å². The predicted octanol–water partition coefficient (Wildman–Crippen LogP) is 4.29. The lowest BCUT2D eigenvalue weighted by Gasteiger charge is -2.07. The summed E-state index contributed by atoms with van der Waals surface area (Å²) in [7, 11) is 0. The van der Waals surface area contributed by atoms with E-state index in [2.05, 4.69) is 26.2 Å². The third-order valence-corrected chi connectivity index (χ3v) is 2.92. The number of nitrogens with zero attached hydrogens (tertiary/aromatic N) is 2. The normalized spacial score (nSPS) is 10.3. The molecule has 1 aromatic carbocycles. The number of hydrogen-bond acceptors (Lipinski definition) is 4. The smallest absolute Gasteiger partial charge is 0.311 e. The van der Waals surface area contributed by atoms with Crippen LogP contribution in [0.5, 0.6) is 0 Å². The molecular weight excluding hydrogens is 340 g/mol. The second-order valence-corrected chi connectivity index (χ2v) is 4.81. The van der Waals surface area contributed by atoms with Crippen LogP contribution in [0.25, 0.3) is 0 Å². The SMILES string of the molecule is O=[N+]([O-])c1ccc(Cl)nc1Nc1ccc(Br)cc1F. The van der Waals surface area contributed by atoms with Crippen molar-refractivity contribution in [2.24, 2.45) is 0 Å². The molecule has 0 aliphatic rings. The Kier molecular flexibility index (Phi) is 3.96. The van der Waals surface area contributed by atoms with Gasteiger partial charge in [-0.3, -0.25) is 10.1 Å². The first-order valence-corrected chi connectivity index (χ1v) is 6.17. The van der Waals surface area contributed by atoms with Crippen molar-refractivity contribution >= 4 is 44.7 Å². The van der Waals surface area contributed by atoms with Crippen molar-refractivity contribution in [3.8, 4) is 0 Å². The average Bonchev–Trinajstić information content (AvgIpc) is 2.32. The maximum atomic E-state index is 13.6. The van der Waals surface area contributed by atoms with E-state index in [-0.39, 0.29) is 22.3 Å². The number of rotatable bonds is 3. The molecule has 0 spiro atoms. The molecule has 19 heavy (non-hydrogen) atoms. The predicted molar refractivity (Wildman–Crippen MR) is 73.3 cm³/mol. The topological polar surface area (TPSA) is 68.1 Å². The van der Waals surface area contributed by atoms with Gasteiger partial charge in [0.1, 0.15) is 11.0 Å². The summed E-state index contributed by atoms with van der Waals surface area (Å²) >= 11 is 8.80. The molecule has 0 aliphatic heterocycles. The van der Waals surface area contributed by atoms with Crippen LogP contribution in [0.1, 0.15) is 0 Å². The van der Waals surface area contributed by atoms with Gasteiger partial charge in [-0.25, -0.2) is 9.37 Å². The lowest BCUT2D eigenvalue weighted by Crippen LogP contribution is -2.01. The second-order valence-electron chi connectivity index (χ2n) is 3.51. The molecule has 0 saturated carbocycles. The number of halogens is 3. The zero-order valence-corrected chi connectivity index (χ0v) is 11.6. The van der Waals surface area contributed by atoms with Gasteiger partial charge in [0.15, 0.2) is 0 Å². The first kappa shape index (κ1) is 13.7. The Balaban J connectivity index is 2.42. The highest BCUT2D eigenvalue weighted by molar-refractivity contribution is 9.10. The number of hydrogen-bond donors (Lipinski definition) is 1. The molecule has 8 heteroatoms. The monoisotopic (exact) mass is 345 g/mol. The molecule has 0 saturated heterocycles. The van der Waals surface area contributed by atoms with Crippen LogP contribution in [0.3, 0.4) is 0 Å². The third-order valence-electron chi connectivity index (χ3n) is 2.22. The van der Waals surface area contributed by atoms with Crippen LogP contribution < -0.4 is 5.32 Å². The lowest BCUT2D eigenvalue weighted by molar-refractivity contribution is -0.384. The van der Waals surface area contributed by atoms with E-state index in [1.165, 1.54) is 24.3 Å². The van der Waals surface area contributed by atoms with E-state index in [9.17, 15) is 14.5 Å². The Morgan fingerprint density at radius 3 is 2.74 bits per heavy atom. The fourth-order valence-electron chi connectivity index (χ4n) is 1.39. The van der Waals surface area contributed by atoms with E-state index in [1.54, 1.807) is 6.07 Å². The minimum atomic E-state index is -0.623. The number of anilines is 2. The molecule has 0 radical (unpaired) electrons. The molecule has 0 fully saturated rings. The highest BCUT2D eigenvalue weighted by atomic mass is 79.9. The van der Waals surface area contributed by atoms with Crippen molar-refractivity contribution in [1.82, 2.24) is 4.98 Å². The maximum Gasteiger partial charge on any atom is 0.311 e. The van der Waals surface area contributed by atoms with Gasteiger partial charge in [-0.15, -0.1) is 0 Å². The van der Waals surface area contributed by atoms with Gasteiger partial charge in [-0.05, 0) is 24.3 Å². The van der Waals surface area contributed by atoms with Crippen molar-refractivity contribution in [3.63, 3.8) is 0 Å². The molecule has 1 N–H and O–H groups in total. The number of nitro groups is 1. The molecule has 2 rings (SSSR count). The molecule has 0 bridgehead atoms. The van der Waals surface area contributed by atoms with Crippen LogP contribution in [0.4, 0.5) is 21.6 Å². The summed E-state index contributed by atoms with van der Waals surface area (Å²) in [5.41, 5.74) is -0.215. The highest BCUT2D eigenvalue weighted by Gasteiger charge is 2.17. The Bertz CT molecular complexity index is 654. The number of benzene rings is 1. The number of nitrogens with one attached hydrogen (secondary N) is 1. The van der Waals surface area contributed by atoms with E-state index in [0.717, 1.165) is 0 Å². The van der Waals surface area contributed by atoms with Crippen molar-refractivity contribution < 1.29 is 9.31 Å². The Morgan fingerprint density at radius 2 is 2.11 bits per heavy atom. The highest BCUT2D eigenvalue weighted by Crippen LogP contribution is 2.29. The zero-order valence-electron chi connectivity index (χ0n) is 9.23. The third kappa shape index (κ3) is 3.18. The van der Waals surface area contributed by atoms with E-state index in [4.69, 9.17) is 11.6 Å². The summed E-state index contributed by atoms with van der Waals surface area (Å²) in [5, 5.41) is 13.5. The largest absolute Gasteiger partial charge is 0.332 e. The Labute approximate surface area is 120 Å². The van der Waals surface area contributed by atoms with Gasteiger partial charge >= 0.3 is 5.69 Å². The molecule has 1 heterocycles. The van der Waals surface area contributed by atoms with E-state index in [0.29, 0.717) is 4.47 Å². The lowest BCUT2D eigenvalue weighted by atomic mass is 10.3. The fraction of sp³-hybridized carbons (Fsp3) is 0. The standard InChI is InChI=1S/C11H6BrClFN3O2/c12-6-1-2-8(7(14)5-6)15-11-9(17(18)19)3-4-10(13)16-11/h1-5H,(H,15,16). The quantitative estimate of drug-likeness (QED) is 0.511. The van der Waals surface area contributed by atoms with Gasteiger partial charge in [0.05, 0.1) is 10.6 Å². The first-order valence-electron chi connectivity index (χ1n) is 5.00. The van der Waals surface area contributed by atoms with Gasteiger partial charge < -0.3 is 5.32 Å². The van der Waals surface area contributed by atoms with Crippen molar-refractivity contribution in [1.29, 1.82) is 0 Å². The summed E-state index contributed by atoms with van der Waals surface area (Å²) in [6.07, 6.45) is 0. The van der Waals surface area contributed by atoms with Gasteiger partial charge in [0, 0.05) is 10.5 Å². The molecule has 0 unspecified atom stereocenters. The summed E-state index contributed by atoms with van der Waals surface area (Å²) in [6.45, 7) is 0. The molecule has 0 atom stereocenters. The van der Waals surface area contributed by atoms with Crippen LogP contribution in [0.15, 0.2) is 34.8 Å². The van der Waals surface area contributed by atoms with E-state index >= 15 is 0 Å². The van der Waals surface area contributed by atoms with Gasteiger partial charge in [-0.2, -0.15) is 0 Å².